The second-order valence-electron chi connectivity index (χ2n) is 8.41. The molecule has 0 aliphatic carbocycles. The first-order chi connectivity index (χ1) is 12.4. The number of carbonyl (C=O) groups excluding carboxylic acids is 1. The van der Waals surface area contributed by atoms with Crippen LogP contribution in [0.3, 0.4) is 0 Å². The van der Waals surface area contributed by atoms with Crippen molar-refractivity contribution < 1.29 is 32.2 Å². The lowest BCUT2D eigenvalue weighted by Crippen LogP contribution is -2.60. The summed E-state index contributed by atoms with van der Waals surface area (Å²) in [6.45, 7) is 5.17. The van der Waals surface area contributed by atoms with E-state index in [-0.39, 0.29) is 18.9 Å². The summed E-state index contributed by atoms with van der Waals surface area (Å²) >= 11 is 0. The van der Waals surface area contributed by atoms with Gasteiger partial charge in [0.2, 0.25) is 0 Å². The van der Waals surface area contributed by atoms with Gasteiger partial charge in [-0.25, -0.2) is 22.4 Å². The fourth-order valence-electron chi connectivity index (χ4n) is 4.23. The molecular weight excluding hydrogens is 366 g/mol. The van der Waals surface area contributed by atoms with Gasteiger partial charge >= 0.3 is 6.09 Å². The van der Waals surface area contributed by atoms with Crippen molar-refractivity contribution >= 4 is 6.09 Å². The first-order valence-electron chi connectivity index (χ1n) is 9.00. The summed E-state index contributed by atoms with van der Waals surface area (Å²) in [5.74, 6) is -6.31. The average molecular weight is 389 g/mol. The standard InChI is InChI=1S/C19H23F4NO3/c1-18(2,3)27-17(25)24-10-5-4-6-11(24)9-19(26,8-10)14-15(22)12(20)7-13(21)16(14)23/h7,10-11,26H,4-6,8-9H2,1-3H3. The van der Waals surface area contributed by atoms with Gasteiger partial charge in [0.05, 0.1) is 11.2 Å². The summed E-state index contributed by atoms with van der Waals surface area (Å²) in [5, 5.41) is 11.0. The van der Waals surface area contributed by atoms with Crippen molar-refractivity contribution in [3.05, 3.63) is 34.9 Å². The first kappa shape index (κ1) is 19.9. The van der Waals surface area contributed by atoms with Crippen LogP contribution in [0.25, 0.3) is 0 Å². The van der Waals surface area contributed by atoms with Crippen LogP contribution in [0.1, 0.15) is 58.4 Å². The van der Waals surface area contributed by atoms with E-state index in [1.807, 2.05) is 0 Å². The van der Waals surface area contributed by atoms with Gasteiger partial charge in [-0.3, -0.25) is 0 Å². The molecule has 1 aromatic rings. The maximum atomic E-state index is 14.3. The summed E-state index contributed by atoms with van der Waals surface area (Å²) in [6.07, 6.45) is 0.759. The molecular formula is C19H23F4NO3. The highest BCUT2D eigenvalue weighted by molar-refractivity contribution is 5.69. The second-order valence-corrected chi connectivity index (χ2v) is 8.41. The molecule has 2 aliphatic rings. The Morgan fingerprint density at radius 2 is 1.59 bits per heavy atom. The van der Waals surface area contributed by atoms with Crippen LogP contribution < -0.4 is 0 Å². The summed E-state index contributed by atoms with van der Waals surface area (Å²) in [7, 11) is 0. The molecule has 2 bridgehead atoms. The predicted molar refractivity (Wildman–Crippen MR) is 88.9 cm³/mol. The average Bonchev–Trinajstić information content (AvgIpc) is 2.50. The van der Waals surface area contributed by atoms with Crippen LogP contribution in [0.15, 0.2) is 6.07 Å². The topological polar surface area (TPSA) is 49.8 Å². The third-order valence-corrected chi connectivity index (χ3v) is 5.19. The SMILES string of the molecule is CC(C)(C)OC(=O)N1C2CCCC1CC(O)(c1c(F)c(F)cc(F)c1F)C2. The van der Waals surface area contributed by atoms with Crippen LogP contribution in [0.4, 0.5) is 22.4 Å². The number of rotatable bonds is 1. The normalized spacial score (nSPS) is 28.2. The number of ether oxygens (including phenoxy) is 1. The van der Waals surface area contributed by atoms with Gasteiger partial charge in [-0.2, -0.15) is 0 Å². The Kier molecular flexibility index (Phi) is 4.91. The van der Waals surface area contributed by atoms with Crippen molar-refractivity contribution in [2.75, 3.05) is 0 Å². The van der Waals surface area contributed by atoms with Crippen molar-refractivity contribution in [2.24, 2.45) is 0 Å². The fourth-order valence-corrected chi connectivity index (χ4v) is 4.23. The number of halogens is 4. The van der Waals surface area contributed by atoms with Crippen LogP contribution >= 0.6 is 0 Å². The Bertz CT molecular complexity index is 722. The van der Waals surface area contributed by atoms with Gasteiger partial charge in [-0.15, -0.1) is 0 Å². The van der Waals surface area contributed by atoms with Gasteiger partial charge in [-0.1, -0.05) is 0 Å². The Balaban J connectivity index is 1.96. The molecule has 1 amide bonds. The van der Waals surface area contributed by atoms with Gasteiger partial charge in [0, 0.05) is 31.0 Å². The number of fused-ring (bicyclic) bond motifs is 2. The second kappa shape index (κ2) is 6.65. The number of aliphatic hydroxyl groups is 1. The zero-order chi connectivity index (χ0) is 20.1. The molecule has 1 N–H and O–H groups in total. The number of hydrogen-bond acceptors (Lipinski definition) is 3. The maximum Gasteiger partial charge on any atom is 0.410 e. The number of piperidine rings is 2. The molecule has 4 nitrogen and oxygen atoms in total. The molecule has 2 heterocycles. The third kappa shape index (κ3) is 3.63. The van der Waals surface area contributed by atoms with E-state index in [1.54, 1.807) is 20.8 Å². The van der Waals surface area contributed by atoms with Crippen LogP contribution in [-0.2, 0) is 10.3 Å². The number of hydrogen-bond donors (Lipinski definition) is 1. The molecule has 2 aliphatic heterocycles. The van der Waals surface area contributed by atoms with Gasteiger partial charge in [0.25, 0.3) is 0 Å². The Morgan fingerprint density at radius 3 is 2.04 bits per heavy atom. The van der Waals surface area contributed by atoms with Gasteiger partial charge in [0.15, 0.2) is 23.3 Å². The Morgan fingerprint density at radius 1 is 1.11 bits per heavy atom. The van der Waals surface area contributed by atoms with E-state index in [0.717, 1.165) is 6.42 Å². The molecule has 27 heavy (non-hydrogen) atoms. The van der Waals surface area contributed by atoms with Crippen LogP contribution in [-0.4, -0.2) is 33.8 Å². The van der Waals surface area contributed by atoms with E-state index >= 15 is 0 Å². The molecule has 2 unspecified atom stereocenters. The molecule has 0 saturated carbocycles. The van der Waals surface area contributed by atoms with E-state index in [4.69, 9.17) is 4.74 Å². The molecule has 0 radical (unpaired) electrons. The van der Waals surface area contributed by atoms with E-state index in [9.17, 15) is 27.5 Å². The molecule has 1 aromatic carbocycles. The fraction of sp³-hybridized carbons (Fsp3) is 0.632. The summed E-state index contributed by atoms with van der Waals surface area (Å²) < 4.78 is 61.3. The molecule has 0 spiro atoms. The highest BCUT2D eigenvalue weighted by Crippen LogP contribution is 2.46. The Hall–Kier alpha value is -1.83. The summed E-state index contributed by atoms with van der Waals surface area (Å²) in [5.41, 5.74) is -3.82. The number of amides is 1. The van der Waals surface area contributed by atoms with E-state index in [1.165, 1.54) is 4.90 Å². The minimum absolute atomic E-state index is 0.119. The number of benzene rings is 1. The summed E-state index contributed by atoms with van der Waals surface area (Å²) in [4.78, 5) is 14.1. The zero-order valence-electron chi connectivity index (χ0n) is 15.5. The molecule has 2 fully saturated rings. The Labute approximate surface area is 155 Å². The number of nitrogens with zero attached hydrogens (tertiary/aromatic N) is 1. The molecule has 0 aromatic heterocycles. The molecule has 2 saturated heterocycles. The minimum Gasteiger partial charge on any atom is -0.444 e. The largest absolute Gasteiger partial charge is 0.444 e. The molecule has 3 rings (SSSR count). The van der Waals surface area contributed by atoms with Crippen LogP contribution in [0.2, 0.25) is 0 Å². The molecule has 8 heteroatoms. The highest BCUT2D eigenvalue weighted by atomic mass is 19.2. The maximum absolute atomic E-state index is 14.3. The van der Waals surface area contributed by atoms with Crippen LogP contribution in [0, 0.1) is 23.3 Å². The minimum atomic E-state index is -2.11. The molecule has 150 valence electrons. The smallest absolute Gasteiger partial charge is 0.410 e. The lowest BCUT2D eigenvalue weighted by atomic mass is 9.72. The molecule has 2 atom stereocenters. The van der Waals surface area contributed by atoms with Gasteiger partial charge in [-0.05, 0) is 40.0 Å². The monoisotopic (exact) mass is 389 g/mol. The van der Waals surface area contributed by atoms with Crippen LogP contribution in [0.5, 0.6) is 0 Å². The van der Waals surface area contributed by atoms with Crippen molar-refractivity contribution in [1.82, 2.24) is 4.90 Å². The van der Waals surface area contributed by atoms with Crippen molar-refractivity contribution in [3.63, 3.8) is 0 Å². The summed E-state index contributed by atoms with van der Waals surface area (Å²) in [6, 6.07) is -0.960. The quantitative estimate of drug-likeness (QED) is 0.573. The van der Waals surface area contributed by atoms with Gasteiger partial charge in [0.1, 0.15) is 5.60 Å². The first-order valence-corrected chi connectivity index (χ1v) is 9.00. The lowest BCUT2D eigenvalue weighted by Gasteiger charge is -2.51. The van der Waals surface area contributed by atoms with Crippen molar-refractivity contribution in [2.45, 2.75) is 76.2 Å². The lowest BCUT2D eigenvalue weighted by molar-refractivity contribution is -0.0997. The predicted octanol–water partition coefficient (Wildman–Crippen LogP) is 4.38. The number of carbonyl (C=O) groups is 1. The van der Waals surface area contributed by atoms with E-state index < -0.39 is 58.2 Å². The van der Waals surface area contributed by atoms with Crippen molar-refractivity contribution in [3.8, 4) is 0 Å². The highest BCUT2D eigenvalue weighted by Gasteiger charge is 2.51. The van der Waals surface area contributed by atoms with E-state index in [0.29, 0.717) is 12.8 Å². The third-order valence-electron chi connectivity index (χ3n) is 5.19. The van der Waals surface area contributed by atoms with Gasteiger partial charge < -0.3 is 14.7 Å². The zero-order valence-corrected chi connectivity index (χ0v) is 15.5. The van der Waals surface area contributed by atoms with E-state index in [2.05, 4.69) is 0 Å². The van der Waals surface area contributed by atoms with Crippen molar-refractivity contribution in [1.29, 1.82) is 0 Å².